The first-order chi connectivity index (χ1) is 15.4. The maximum atomic E-state index is 12.4. The van der Waals surface area contributed by atoms with E-state index in [9.17, 15) is 13.2 Å². The Kier molecular flexibility index (Phi) is 6.74. The summed E-state index contributed by atoms with van der Waals surface area (Å²) >= 11 is 0. The molecule has 32 heavy (non-hydrogen) atoms. The first kappa shape index (κ1) is 22.3. The van der Waals surface area contributed by atoms with Crippen LogP contribution in [0.25, 0.3) is 10.8 Å². The average molecular weight is 437 g/mol. The lowest BCUT2D eigenvalue weighted by molar-refractivity contribution is -0.274. The van der Waals surface area contributed by atoms with E-state index in [2.05, 4.69) is 47.8 Å². The van der Waals surface area contributed by atoms with Gasteiger partial charge in [-0.2, -0.15) is 0 Å². The van der Waals surface area contributed by atoms with Gasteiger partial charge in [0.05, 0.1) is 0 Å². The van der Waals surface area contributed by atoms with Crippen molar-refractivity contribution < 1.29 is 17.9 Å². The normalized spacial score (nSPS) is 18.8. The summed E-state index contributed by atoms with van der Waals surface area (Å²) in [5.74, 6) is 7.72. The molecule has 3 aromatic rings. The molecular formula is C28H27F3O. The van der Waals surface area contributed by atoms with Crippen LogP contribution < -0.4 is 4.74 Å². The molecule has 1 nitrogen and oxygen atoms in total. The molecule has 0 bridgehead atoms. The zero-order valence-electron chi connectivity index (χ0n) is 18.2. The maximum Gasteiger partial charge on any atom is 0.573 e. The highest BCUT2D eigenvalue weighted by molar-refractivity contribution is 5.85. The van der Waals surface area contributed by atoms with Gasteiger partial charge in [0.25, 0.3) is 0 Å². The highest BCUT2D eigenvalue weighted by Crippen LogP contribution is 2.37. The third kappa shape index (κ3) is 5.85. The molecule has 1 aliphatic carbocycles. The summed E-state index contributed by atoms with van der Waals surface area (Å²) in [6.07, 6.45) is 3.19. The van der Waals surface area contributed by atoms with E-state index in [1.165, 1.54) is 56.2 Å². The van der Waals surface area contributed by atoms with Crippen molar-refractivity contribution in [2.45, 2.75) is 57.7 Å². The van der Waals surface area contributed by atoms with E-state index in [-0.39, 0.29) is 5.75 Å². The Labute approximate surface area is 187 Å². The van der Waals surface area contributed by atoms with Crippen molar-refractivity contribution in [3.05, 3.63) is 77.4 Å². The van der Waals surface area contributed by atoms with E-state index in [1.807, 2.05) is 12.1 Å². The van der Waals surface area contributed by atoms with Crippen molar-refractivity contribution in [1.29, 1.82) is 0 Å². The molecule has 0 radical (unpaired) electrons. The molecule has 4 heteroatoms. The molecule has 4 rings (SSSR count). The van der Waals surface area contributed by atoms with E-state index < -0.39 is 6.36 Å². The Balaban J connectivity index is 1.42. The van der Waals surface area contributed by atoms with E-state index in [1.54, 1.807) is 12.1 Å². The Morgan fingerprint density at radius 3 is 2.12 bits per heavy atom. The lowest BCUT2D eigenvalue weighted by atomic mass is 9.77. The molecule has 0 spiro atoms. The number of alkyl halides is 3. The number of ether oxygens (including phenoxy) is 1. The van der Waals surface area contributed by atoms with Crippen molar-refractivity contribution in [3.63, 3.8) is 0 Å². The molecule has 1 fully saturated rings. The third-order valence-corrected chi connectivity index (χ3v) is 6.32. The van der Waals surface area contributed by atoms with Crippen molar-refractivity contribution >= 4 is 10.8 Å². The van der Waals surface area contributed by atoms with Gasteiger partial charge >= 0.3 is 6.36 Å². The zero-order chi connectivity index (χ0) is 22.6. The summed E-state index contributed by atoms with van der Waals surface area (Å²) in [4.78, 5) is 0. The van der Waals surface area contributed by atoms with Crippen LogP contribution in [0.3, 0.4) is 0 Å². The summed E-state index contributed by atoms with van der Waals surface area (Å²) in [7, 11) is 0. The highest BCUT2D eigenvalue weighted by atomic mass is 19.4. The molecule has 0 N–H and O–H groups in total. The molecule has 0 unspecified atom stereocenters. The van der Waals surface area contributed by atoms with Crippen LogP contribution in [0.4, 0.5) is 13.2 Å². The van der Waals surface area contributed by atoms with Gasteiger partial charge in [0, 0.05) is 11.1 Å². The topological polar surface area (TPSA) is 9.23 Å². The van der Waals surface area contributed by atoms with E-state index >= 15 is 0 Å². The molecule has 0 aromatic heterocycles. The van der Waals surface area contributed by atoms with Crippen LogP contribution >= 0.6 is 0 Å². The molecule has 3 aromatic carbocycles. The smallest absolute Gasteiger partial charge is 0.406 e. The van der Waals surface area contributed by atoms with Crippen LogP contribution in [0.15, 0.2) is 60.7 Å². The highest BCUT2D eigenvalue weighted by Gasteiger charge is 2.31. The van der Waals surface area contributed by atoms with E-state index in [0.717, 1.165) is 22.4 Å². The van der Waals surface area contributed by atoms with Gasteiger partial charge in [0.1, 0.15) is 5.75 Å². The number of fused-ring (bicyclic) bond motifs is 1. The maximum absolute atomic E-state index is 12.4. The zero-order valence-corrected chi connectivity index (χ0v) is 18.2. The summed E-state index contributed by atoms with van der Waals surface area (Å²) < 4.78 is 41.2. The first-order valence-corrected chi connectivity index (χ1v) is 11.3. The molecule has 0 atom stereocenters. The predicted molar refractivity (Wildman–Crippen MR) is 123 cm³/mol. The van der Waals surface area contributed by atoms with Crippen molar-refractivity contribution in [2.24, 2.45) is 5.92 Å². The number of benzene rings is 3. The van der Waals surface area contributed by atoms with Crippen LogP contribution in [0, 0.1) is 17.8 Å². The number of hydrogen-bond acceptors (Lipinski definition) is 1. The minimum absolute atomic E-state index is 0.220. The predicted octanol–water partition coefficient (Wildman–Crippen LogP) is 8.21. The molecule has 0 heterocycles. The van der Waals surface area contributed by atoms with Gasteiger partial charge in [0.15, 0.2) is 0 Å². The second kappa shape index (κ2) is 9.69. The Hall–Kier alpha value is -2.93. The largest absolute Gasteiger partial charge is 0.573 e. The molecule has 1 aliphatic rings. The lowest BCUT2D eigenvalue weighted by Crippen LogP contribution is -2.16. The lowest BCUT2D eigenvalue weighted by Gasteiger charge is -2.28. The molecule has 0 saturated heterocycles. The Bertz CT molecular complexity index is 1110. The van der Waals surface area contributed by atoms with Crippen LogP contribution in [0.1, 0.15) is 68.1 Å². The van der Waals surface area contributed by atoms with Gasteiger partial charge in [-0.3, -0.25) is 0 Å². The molecule has 1 saturated carbocycles. The van der Waals surface area contributed by atoms with Crippen molar-refractivity contribution in [3.8, 4) is 17.6 Å². The van der Waals surface area contributed by atoms with Crippen LogP contribution in [0.2, 0.25) is 0 Å². The number of halogens is 3. The molecule has 166 valence electrons. The van der Waals surface area contributed by atoms with Gasteiger partial charge in [-0.15, -0.1) is 13.2 Å². The van der Waals surface area contributed by atoms with Crippen molar-refractivity contribution in [2.75, 3.05) is 0 Å². The van der Waals surface area contributed by atoms with Gasteiger partial charge in [-0.25, -0.2) is 0 Å². The van der Waals surface area contributed by atoms with Crippen LogP contribution in [0.5, 0.6) is 5.75 Å². The quantitative estimate of drug-likeness (QED) is 0.374. The van der Waals surface area contributed by atoms with Gasteiger partial charge in [-0.05, 0) is 90.3 Å². The minimum Gasteiger partial charge on any atom is -0.406 e. The summed E-state index contributed by atoms with van der Waals surface area (Å²) in [6, 6.07) is 18.4. The Morgan fingerprint density at radius 1 is 0.812 bits per heavy atom. The van der Waals surface area contributed by atoms with Crippen LogP contribution in [-0.2, 0) is 0 Å². The minimum atomic E-state index is -4.69. The summed E-state index contributed by atoms with van der Waals surface area (Å²) in [5.41, 5.74) is 3.19. The number of hydrogen-bond donors (Lipinski definition) is 0. The second-order valence-corrected chi connectivity index (χ2v) is 8.65. The average Bonchev–Trinajstić information content (AvgIpc) is 2.78. The Morgan fingerprint density at radius 2 is 1.44 bits per heavy atom. The summed E-state index contributed by atoms with van der Waals surface area (Å²) in [5, 5.41) is 1.50. The van der Waals surface area contributed by atoms with Gasteiger partial charge in [0.2, 0.25) is 0 Å². The molecule has 0 aliphatic heterocycles. The number of rotatable bonds is 4. The van der Waals surface area contributed by atoms with Gasteiger partial charge in [-0.1, -0.05) is 55.9 Å². The third-order valence-electron chi connectivity index (χ3n) is 6.32. The fourth-order valence-corrected chi connectivity index (χ4v) is 4.67. The monoisotopic (exact) mass is 436 g/mol. The second-order valence-electron chi connectivity index (χ2n) is 8.65. The van der Waals surface area contributed by atoms with Crippen LogP contribution in [-0.4, -0.2) is 6.36 Å². The summed E-state index contributed by atoms with van der Waals surface area (Å²) in [6.45, 7) is 2.27. The SMILES string of the molecule is CCCC1CCC(c2ccc(C#Cc3ccc4cc(OC(F)(F)F)ccc4c3)cc2)CC1. The standard InChI is InChI=1S/C28H27F3O/c1-2-3-20-6-11-23(12-7-20)24-13-8-21(9-14-24)4-5-22-10-15-26-19-27(32-28(29,30)31)17-16-25(26)18-22/h8-10,13-20,23H,2-3,6-7,11-12H2,1H3. The first-order valence-electron chi connectivity index (χ1n) is 11.3. The fraction of sp³-hybridized carbons (Fsp3) is 0.357. The molecule has 0 amide bonds. The van der Waals surface area contributed by atoms with Crippen molar-refractivity contribution in [1.82, 2.24) is 0 Å². The van der Waals surface area contributed by atoms with Gasteiger partial charge < -0.3 is 4.74 Å². The van der Waals surface area contributed by atoms with E-state index in [4.69, 9.17) is 0 Å². The van der Waals surface area contributed by atoms with E-state index in [0.29, 0.717) is 11.3 Å². The fourth-order valence-electron chi connectivity index (χ4n) is 4.67. The molecular weight excluding hydrogens is 409 g/mol.